The highest BCUT2D eigenvalue weighted by Gasteiger charge is 2.16. The average molecular weight is 315 g/mol. The third-order valence-electron chi connectivity index (χ3n) is 2.59. The van der Waals surface area contributed by atoms with Gasteiger partial charge >= 0.3 is 0 Å². The van der Waals surface area contributed by atoms with Crippen molar-refractivity contribution in [2.45, 2.75) is 30.6 Å². The van der Waals surface area contributed by atoms with Gasteiger partial charge in [-0.2, -0.15) is 0 Å². The fourth-order valence-corrected chi connectivity index (χ4v) is 3.82. The predicted molar refractivity (Wildman–Crippen MR) is 76.8 cm³/mol. The second kappa shape index (κ2) is 6.98. The van der Waals surface area contributed by atoms with E-state index in [0.717, 1.165) is 18.5 Å². The van der Waals surface area contributed by atoms with Crippen molar-refractivity contribution in [2.24, 2.45) is 0 Å². The lowest BCUT2D eigenvalue weighted by molar-refractivity contribution is 0.411. The van der Waals surface area contributed by atoms with Gasteiger partial charge in [0.1, 0.15) is 10.5 Å². The quantitative estimate of drug-likeness (QED) is 0.725. The Morgan fingerprint density at radius 1 is 1.40 bits per heavy atom. The van der Waals surface area contributed by atoms with Gasteiger partial charge in [0, 0.05) is 12.6 Å². The molecule has 0 fully saturated rings. The van der Waals surface area contributed by atoms with Gasteiger partial charge in [0.15, 0.2) is 0 Å². The first kappa shape index (κ1) is 15.2. The molecule has 0 atom stereocenters. The minimum atomic E-state index is -3.49. The van der Waals surface area contributed by atoms with Gasteiger partial charge in [-0.15, -0.1) is 11.3 Å². The molecule has 0 radical (unpaired) electrons. The molecule has 6 nitrogen and oxygen atoms in total. The molecule has 0 saturated carbocycles. The Bertz CT molecular complexity index is 620. The Labute approximate surface area is 122 Å². The van der Waals surface area contributed by atoms with E-state index in [1.54, 1.807) is 12.1 Å². The van der Waals surface area contributed by atoms with Crippen LogP contribution in [-0.4, -0.2) is 20.1 Å². The summed E-state index contributed by atoms with van der Waals surface area (Å²) in [6.07, 6.45) is 2.46. The lowest BCUT2D eigenvalue weighted by atomic mass is 10.3. The molecular weight excluding hydrogens is 298 g/mol. The van der Waals surface area contributed by atoms with Crippen LogP contribution in [0.5, 0.6) is 0 Å². The molecule has 110 valence electrons. The Kier molecular flexibility index (Phi) is 5.30. The van der Waals surface area contributed by atoms with Crippen molar-refractivity contribution in [2.75, 3.05) is 6.54 Å². The molecule has 0 bridgehead atoms. The smallest absolute Gasteiger partial charge is 0.250 e. The van der Waals surface area contributed by atoms with Crippen LogP contribution in [-0.2, 0) is 23.1 Å². The number of nitrogens with one attached hydrogen (secondary N) is 2. The van der Waals surface area contributed by atoms with Gasteiger partial charge in [-0.25, -0.2) is 13.1 Å². The zero-order valence-corrected chi connectivity index (χ0v) is 12.8. The van der Waals surface area contributed by atoms with Crippen LogP contribution in [0.25, 0.3) is 0 Å². The second-order valence-electron chi connectivity index (χ2n) is 4.27. The number of hydrogen-bond donors (Lipinski definition) is 2. The lowest BCUT2D eigenvalue weighted by Gasteiger charge is -2.02. The molecule has 0 aliphatic rings. The van der Waals surface area contributed by atoms with Gasteiger partial charge < -0.3 is 9.84 Å². The van der Waals surface area contributed by atoms with Gasteiger partial charge in [-0.05, 0) is 30.0 Å². The standard InChI is InChI=1S/C12H17N3O3S2/c1-2-4-13-7-10-6-12(19-9-10)20(16,17)14-8-11-3-5-18-15-11/h3,5-6,9,13-14H,2,4,7-8H2,1H3. The Morgan fingerprint density at radius 2 is 2.25 bits per heavy atom. The summed E-state index contributed by atoms with van der Waals surface area (Å²) < 4.78 is 31.6. The second-order valence-corrected chi connectivity index (χ2v) is 7.17. The van der Waals surface area contributed by atoms with E-state index >= 15 is 0 Å². The number of rotatable bonds is 8. The number of aromatic nitrogens is 1. The van der Waals surface area contributed by atoms with Gasteiger partial charge in [-0.1, -0.05) is 12.1 Å². The van der Waals surface area contributed by atoms with Crippen LogP contribution < -0.4 is 10.0 Å². The SMILES string of the molecule is CCCNCc1csc(S(=O)(=O)NCc2ccon2)c1. The summed E-state index contributed by atoms with van der Waals surface area (Å²) >= 11 is 1.22. The normalized spacial score (nSPS) is 11.8. The van der Waals surface area contributed by atoms with Gasteiger partial charge in [-0.3, -0.25) is 0 Å². The maximum Gasteiger partial charge on any atom is 0.250 e. The van der Waals surface area contributed by atoms with Crippen LogP contribution in [0.1, 0.15) is 24.6 Å². The summed E-state index contributed by atoms with van der Waals surface area (Å²) in [5.74, 6) is 0. The molecule has 8 heteroatoms. The van der Waals surface area contributed by atoms with E-state index in [2.05, 4.69) is 26.6 Å². The first-order chi connectivity index (χ1) is 9.62. The summed E-state index contributed by atoms with van der Waals surface area (Å²) in [5, 5.41) is 8.75. The fourth-order valence-electron chi connectivity index (χ4n) is 1.57. The van der Waals surface area contributed by atoms with Crippen molar-refractivity contribution in [1.82, 2.24) is 15.2 Å². The molecule has 2 aromatic heterocycles. The molecular formula is C12H17N3O3S2. The summed E-state index contributed by atoms with van der Waals surface area (Å²) in [6, 6.07) is 3.31. The number of nitrogens with zero attached hydrogens (tertiary/aromatic N) is 1. The van der Waals surface area contributed by atoms with E-state index in [0.29, 0.717) is 16.4 Å². The number of sulfonamides is 1. The van der Waals surface area contributed by atoms with Crippen molar-refractivity contribution in [3.63, 3.8) is 0 Å². The van der Waals surface area contributed by atoms with Gasteiger partial charge in [0.2, 0.25) is 10.0 Å². The zero-order valence-electron chi connectivity index (χ0n) is 11.1. The van der Waals surface area contributed by atoms with E-state index < -0.39 is 10.0 Å². The van der Waals surface area contributed by atoms with Crippen molar-refractivity contribution in [1.29, 1.82) is 0 Å². The van der Waals surface area contributed by atoms with E-state index in [4.69, 9.17) is 0 Å². The number of hydrogen-bond acceptors (Lipinski definition) is 6. The van der Waals surface area contributed by atoms with Crippen molar-refractivity contribution >= 4 is 21.4 Å². The monoisotopic (exact) mass is 315 g/mol. The third-order valence-corrected chi connectivity index (χ3v) is 5.47. The minimum Gasteiger partial charge on any atom is -0.364 e. The molecule has 0 aromatic carbocycles. The highest BCUT2D eigenvalue weighted by molar-refractivity contribution is 7.91. The Balaban J connectivity index is 1.95. The molecule has 0 spiro atoms. The molecule has 2 aromatic rings. The molecule has 0 amide bonds. The summed E-state index contributed by atoms with van der Waals surface area (Å²) in [4.78, 5) is 0. The van der Waals surface area contributed by atoms with E-state index in [1.165, 1.54) is 17.6 Å². The molecule has 0 saturated heterocycles. The van der Waals surface area contributed by atoms with Gasteiger partial charge in [0.05, 0.1) is 12.2 Å². The first-order valence-electron chi connectivity index (χ1n) is 6.29. The summed E-state index contributed by atoms with van der Waals surface area (Å²) in [7, 11) is -3.49. The molecule has 0 aliphatic carbocycles. The molecule has 2 heterocycles. The van der Waals surface area contributed by atoms with Crippen LogP contribution in [0.15, 0.2) is 32.5 Å². The average Bonchev–Trinajstić information content (AvgIpc) is 3.08. The lowest BCUT2D eigenvalue weighted by Crippen LogP contribution is -2.22. The highest BCUT2D eigenvalue weighted by atomic mass is 32.2. The van der Waals surface area contributed by atoms with Crippen LogP contribution in [0.4, 0.5) is 0 Å². The minimum absolute atomic E-state index is 0.125. The Hall–Kier alpha value is -1.22. The molecule has 0 unspecified atom stereocenters. The van der Waals surface area contributed by atoms with Gasteiger partial charge in [0.25, 0.3) is 0 Å². The van der Waals surface area contributed by atoms with Crippen molar-refractivity contribution in [3.8, 4) is 0 Å². The van der Waals surface area contributed by atoms with Crippen molar-refractivity contribution in [3.05, 3.63) is 35.0 Å². The van der Waals surface area contributed by atoms with Crippen molar-refractivity contribution < 1.29 is 12.9 Å². The first-order valence-corrected chi connectivity index (χ1v) is 8.65. The number of thiophene rings is 1. The summed E-state index contributed by atoms with van der Waals surface area (Å²) in [6.45, 7) is 3.82. The highest BCUT2D eigenvalue weighted by Crippen LogP contribution is 2.20. The largest absolute Gasteiger partial charge is 0.364 e. The van der Waals surface area contributed by atoms with Crippen LogP contribution >= 0.6 is 11.3 Å². The third kappa shape index (κ3) is 4.14. The molecule has 0 aliphatic heterocycles. The Morgan fingerprint density at radius 3 is 2.95 bits per heavy atom. The summed E-state index contributed by atoms with van der Waals surface area (Å²) in [5.41, 5.74) is 1.53. The van der Waals surface area contributed by atoms with E-state index in [1.807, 2.05) is 5.38 Å². The fraction of sp³-hybridized carbons (Fsp3) is 0.417. The van der Waals surface area contributed by atoms with Crippen LogP contribution in [0.2, 0.25) is 0 Å². The van der Waals surface area contributed by atoms with Crippen LogP contribution in [0, 0.1) is 0 Å². The maximum atomic E-state index is 12.1. The zero-order chi connectivity index (χ0) is 14.4. The maximum absolute atomic E-state index is 12.1. The molecule has 2 N–H and O–H groups in total. The van der Waals surface area contributed by atoms with E-state index in [9.17, 15) is 8.42 Å². The van der Waals surface area contributed by atoms with E-state index in [-0.39, 0.29) is 6.54 Å². The topological polar surface area (TPSA) is 84.2 Å². The predicted octanol–water partition coefficient (Wildman–Crippen LogP) is 1.71. The molecule has 20 heavy (non-hydrogen) atoms. The van der Waals surface area contributed by atoms with Crippen LogP contribution in [0.3, 0.4) is 0 Å². The molecule has 2 rings (SSSR count).